The summed E-state index contributed by atoms with van der Waals surface area (Å²) in [7, 11) is 0. The van der Waals surface area contributed by atoms with Crippen LogP contribution >= 0.6 is 0 Å². The Kier molecular flexibility index (Phi) is 1.90. The standard InChI is InChI=1S/C11H14O2/c1-11(13)6-8-4-2-3-5-9(8)10(12)7-11/h2-5,10,12-13H,6-7H2,1H3. The van der Waals surface area contributed by atoms with Gasteiger partial charge >= 0.3 is 0 Å². The second-order valence-electron chi connectivity index (χ2n) is 4.09. The predicted molar refractivity (Wildman–Crippen MR) is 50.3 cm³/mol. The Bertz CT molecular complexity index is 318. The largest absolute Gasteiger partial charge is 0.390 e. The number of aliphatic hydroxyl groups is 2. The Balaban J connectivity index is 2.43. The van der Waals surface area contributed by atoms with E-state index in [2.05, 4.69) is 0 Å². The first-order valence-corrected chi connectivity index (χ1v) is 4.57. The number of hydrogen-bond acceptors (Lipinski definition) is 2. The summed E-state index contributed by atoms with van der Waals surface area (Å²) in [5.74, 6) is 0. The lowest BCUT2D eigenvalue weighted by atomic mass is 9.80. The molecule has 2 atom stereocenters. The molecule has 0 saturated heterocycles. The summed E-state index contributed by atoms with van der Waals surface area (Å²) in [5, 5.41) is 19.6. The van der Waals surface area contributed by atoms with Gasteiger partial charge in [-0.3, -0.25) is 0 Å². The van der Waals surface area contributed by atoms with Crippen molar-refractivity contribution in [1.29, 1.82) is 0 Å². The van der Waals surface area contributed by atoms with Crippen LogP contribution in [0.2, 0.25) is 0 Å². The number of hydrogen-bond donors (Lipinski definition) is 2. The minimum absolute atomic E-state index is 0.435. The van der Waals surface area contributed by atoms with Crippen LogP contribution in [0.3, 0.4) is 0 Å². The highest BCUT2D eigenvalue weighted by molar-refractivity contribution is 5.33. The van der Waals surface area contributed by atoms with Gasteiger partial charge in [0.2, 0.25) is 0 Å². The quantitative estimate of drug-likeness (QED) is 0.630. The molecule has 0 fully saturated rings. The van der Waals surface area contributed by atoms with E-state index < -0.39 is 11.7 Å². The Morgan fingerprint density at radius 2 is 2.08 bits per heavy atom. The van der Waals surface area contributed by atoms with Crippen molar-refractivity contribution in [3.63, 3.8) is 0 Å². The van der Waals surface area contributed by atoms with E-state index in [1.807, 2.05) is 24.3 Å². The molecule has 1 aromatic rings. The number of benzene rings is 1. The molecule has 1 aliphatic carbocycles. The molecule has 0 aliphatic heterocycles. The smallest absolute Gasteiger partial charge is 0.0820 e. The molecule has 70 valence electrons. The third-order valence-corrected chi connectivity index (χ3v) is 2.62. The Morgan fingerprint density at radius 3 is 2.85 bits per heavy atom. The molecule has 0 saturated carbocycles. The summed E-state index contributed by atoms with van der Waals surface area (Å²) in [5.41, 5.74) is 1.27. The van der Waals surface area contributed by atoms with E-state index >= 15 is 0 Å². The fourth-order valence-corrected chi connectivity index (χ4v) is 2.03. The van der Waals surface area contributed by atoms with E-state index in [-0.39, 0.29) is 0 Å². The molecule has 2 rings (SSSR count). The molecule has 1 aliphatic rings. The minimum atomic E-state index is -0.756. The zero-order valence-corrected chi connectivity index (χ0v) is 7.70. The van der Waals surface area contributed by atoms with E-state index in [1.165, 1.54) is 0 Å². The monoisotopic (exact) mass is 178 g/mol. The van der Waals surface area contributed by atoms with Crippen molar-refractivity contribution in [2.75, 3.05) is 0 Å². The van der Waals surface area contributed by atoms with Gasteiger partial charge in [-0.2, -0.15) is 0 Å². The lowest BCUT2D eigenvalue weighted by Gasteiger charge is -2.33. The van der Waals surface area contributed by atoms with E-state index in [0.717, 1.165) is 11.1 Å². The summed E-state index contributed by atoms with van der Waals surface area (Å²) < 4.78 is 0. The molecule has 1 aromatic carbocycles. The van der Waals surface area contributed by atoms with Gasteiger partial charge in [0.05, 0.1) is 11.7 Å². The summed E-state index contributed by atoms with van der Waals surface area (Å²) in [4.78, 5) is 0. The van der Waals surface area contributed by atoms with Crippen molar-refractivity contribution in [3.05, 3.63) is 35.4 Å². The van der Waals surface area contributed by atoms with Gasteiger partial charge in [-0.05, 0) is 18.1 Å². The van der Waals surface area contributed by atoms with Gasteiger partial charge in [0.1, 0.15) is 0 Å². The second kappa shape index (κ2) is 2.82. The van der Waals surface area contributed by atoms with E-state index in [0.29, 0.717) is 12.8 Å². The van der Waals surface area contributed by atoms with Crippen LogP contribution in [0.5, 0.6) is 0 Å². The van der Waals surface area contributed by atoms with Crippen LogP contribution in [0.15, 0.2) is 24.3 Å². The molecule has 0 aromatic heterocycles. The fourth-order valence-electron chi connectivity index (χ4n) is 2.03. The van der Waals surface area contributed by atoms with Crippen molar-refractivity contribution in [3.8, 4) is 0 Å². The topological polar surface area (TPSA) is 40.5 Å². The average molecular weight is 178 g/mol. The van der Waals surface area contributed by atoms with Crippen LogP contribution in [0.4, 0.5) is 0 Å². The van der Waals surface area contributed by atoms with Crippen LogP contribution in [0.25, 0.3) is 0 Å². The molecule has 2 unspecified atom stereocenters. The molecule has 2 heteroatoms. The van der Waals surface area contributed by atoms with E-state index in [1.54, 1.807) is 6.92 Å². The van der Waals surface area contributed by atoms with Gasteiger partial charge in [-0.1, -0.05) is 24.3 Å². The molecule has 13 heavy (non-hydrogen) atoms. The SMILES string of the molecule is CC1(O)Cc2ccccc2C(O)C1. The van der Waals surface area contributed by atoms with Crippen LogP contribution < -0.4 is 0 Å². The Labute approximate surface area is 77.8 Å². The van der Waals surface area contributed by atoms with Crippen molar-refractivity contribution in [1.82, 2.24) is 0 Å². The van der Waals surface area contributed by atoms with Crippen LogP contribution in [0, 0.1) is 0 Å². The fraction of sp³-hybridized carbons (Fsp3) is 0.455. The minimum Gasteiger partial charge on any atom is -0.390 e. The lowest BCUT2D eigenvalue weighted by molar-refractivity contribution is -0.00743. The molecular formula is C11H14O2. The van der Waals surface area contributed by atoms with Crippen molar-refractivity contribution < 1.29 is 10.2 Å². The maximum atomic E-state index is 9.83. The lowest BCUT2D eigenvalue weighted by Crippen LogP contribution is -2.34. The maximum Gasteiger partial charge on any atom is 0.0820 e. The van der Waals surface area contributed by atoms with E-state index in [9.17, 15) is 10.2 Å². The first-order valence-electron chi connectivity index (χ1n) is 4.57. The van der Waals surface area contributed by atoms with Crippen LogP contribution in [-0.2, 0) is 6.42 Å². The third-order valence-electron chi connectivity index (χ3n) is 2.62. The molecule has 2 nitrogen and oxygen atoms in total. The van der Waals surface area contributed by atoms with Gasteiger partial charge in [-0.25, -0.2) is 0 Å². The third kappa shape index (κ3) is 1.60. The Morgan fingerprint density at radius 1 is 1.38 bits per heavy atom. The molecular weight excluding hydrogens is 164 g/mol. The summed E-state index contributed by atoms with van der Waals surface area (Å²) in [6.07, 6.45) is 0.560. The molecule has 0 radical (unpaired) electrons. The average Bonchev–Trinajstić information content (AvgIpc) is 2.02. The van der Waals surface area contributed by atoms with Crippen molar-refractivity contribution in [2.45, 2.75) is 31.5 Å². The van der Waals surface area contributed by atoms with E-state index in [4.69, 9.17) is 0 Å². The first kappa shape index (κ1) is 8.73. The second-order valence-corrected chi connectivity index (χ2v) is 4.09. The number of fused-ring (bicyclic) bond motifs is 1. The highest BCUT2D eigenvalue weighted by atomic mass is 16.3. The van der Waals surface area contributed by atoms with Gasteiger partial charge in [0.25, 0.3) is 0 Å². The summed E-state index contributed by atoms with van der Waals surface area (Å²) >= 11 is 0. The normalized spacial score (nSPS) is 32.7. The zero-order chi connectivity index (χ0) is 9.47. The molecule has 0 amide bonds. The summed E-state index contributed by atoms with van der Waals surface area (Å²) in [6.45, 7) is 1.77. The predicted octanol–water partition coefficient (Wildman–Crippen LogP) is 1.42. The molecule has 0 bridgehead atoms. The zero-order valence-electron chi connectivity index (χ0n) is 7.70. The highest BCUT2D eigenvalue weighted by Crippen LogP contribution is 2.34. The van der Waals surface area contributed by atoms with Crippen molar-refractivity contribution in [2.24, 2.45) is 0 Å². The Hall–Kier alpha value is -0.860. The molecule has 0 heterocycles. The highest BCUT2D eigenvalue weighted by Gasteiger charge is 2.32. The number of rotatable bonds is 0. The van der Waals surface area contributed by atoms with Gasteiger partial charge in [-0.15, -0.1) is 0 Å². The molecule has 0 spiro atoms. The number of aliphatic hydroxyl groups excluding tert-OH is 1. The first-order chi connectivity index (χ1) is 6.08. The molecule has 2 N–H and O–H groups in total. The van der Waals surface area contributed by atoms with Gasteiger partial charge < -0.3 is 10.2 Å². The summed E-state index contributed by atoms with van der Waals surface area (Å²) in [6, 6.07) is 7.75. The van der Waals surface area contributed by atoms with Crippen LogP contribution in [0.1, 0.15) is 30.6 Å². The van der Waals surface area contributed by atoms with Crippen LogP contribution in [-0.4, -0.2) is 15.8 Å². The van der Waals surface area contributed by atoms with Crippen molar-refractivity contribution >= 4 is 0 Å². The van der Waals surface area contributed by atoms with Gasteiger partial charge in [0.15, 0.2) is 0 Å². The maximum absolute atomic E-state index is 9.83. The van der Waals surface area contributed by atoms with Gasteiger partial charge in [0, 0.05) is 12.8 Å².